The lowest BCUT2D eigenvalue weighted by Crippen LogP contribution is -2.44. The molecule has 148 valence electrons. The second-order valence-corrected chi connectivity index (χ2v) is 7.33. The lowest BCUT2D eigenvalue weighted by Gasteiger charge is -2.32. The van der Waals surface area contributed by atoms with Crippen molar-refractivity contribution >= 4 is 22.4 Å². The molecule has 7 heteroatoms. The largest absolute Gasteiger partial charge is 0.348 e. The summed E-state index contributed by atoms with van der Waals surface area (Å²) in [5, 5.41) is 15.3. The number of likely N-dealkylation sites (tertiary alicyclic amines) is 1. The lowest BCUT2D eigenvalue weighted by atomic mass is 10.0. The third-order valence-corrected chi connectivity index (χ3v) is 5.35. The molecule has 0 unspecified atom stereocenters. The van der Waals surface area contributed by atoms with Gasteiger partial charge in [-0.1, -0.05) is 30.3 Å². The zero-order valence-corrected chi connectivity index (χ0v) is 16.0. The van der Waals surface area contributed by atoms with Crippen LogP contribution in [0.4, 0.5) is 5.69 Å². The molecule has 7 nitrogen and oxygen atoms in total. The Kier molecular flexibility index (Phi) is 5.48. The molecule has 0 spiro atoms. The van der Waals surface area contributed by atoms with Crippen LogP contribution in [-0.2, 0) is 6.54 Å². The third kappa shape index (κ3) is 4.41. The van der Waals surface area contributed by atoms with E-state index in [4.69, 9.17) is 0 Å². The molecule has 2 aromatic carbocycles. The molecule has 0 saturated carbocycles. The number of fused-ring (bicyclic) bond motifs is 1. The first-order chi connectivity index (χ1) is 14.1. The van der Waals surface area contributed by atoms with Crippen LogP contribution in [0.25, 0.3) is 10.8 Å². The molecule has 4 rings (SSSR count). The lowest BCUT2D eigenvalue weighted by molar-refractivity contribution is -0.384. The van der Waals surface area contributed by atoms with Gasteiger partial charge >= 0.3 is 0 Å². The Balaban J connectivity index is 1.39. The average Bonchev–Trinajstić information content (AvgIpc) is 2.75. The van der Waals surface area contributed by atoms with E-state index < -0.39 is 4.92 Å². The number of rotatable bonds is 5. The summed E-state index contributed by atoms with van der Waals surface area (Å²) in [6, 6.07) is 16.6. The zero-order valence-electron chi connectivity index (χ0n) is 16.0. The van der Waals surface area contributed by atoms with Crippen molar-refractivity contribution in [3.8, 4) is 0 Å². The zero-order chi connectivity index (χ0) is 20.2. The predicted molar refractivity (Wildman–Crippen MR) is 111 cm³/mol. The monoisotopic (exact) mass is 390 g/mol. The number of piperidine rings is 1. The predicted octanol–water partition coefficient (Wildman–Crippen LogP) is 3.54. The first-order valence-electron chi connectivity index (χ1n) is 9.70. The summed E-state index contributed by atoms with van der Waals surface area (Å²) in [5.41, 5.74) is 1.61. The molecule has 0 atom stereocenters. The van der Waals surface area contributed by atoms with Crippen LogP contribution >= 0.6 is 0 Å². The van der Waals surface area contributed by atoms with Gasteiger partial charge in [0.05, 0.1) is 4.92 Å². The Hall–Kier alpha value is -3.32. The van der Waals surface area contributed by atoms with Gasteiger partial charge < -0.3 is 5.32 Å². The van der Waals surface area contributed by atoms with E-state index in [1.54, 1.807) is 12.1 Å². The summed E-state index contributed by atoms with van der Waals surface area (Å²) >= 11 is 0. The fourth-order valence-corrected chi connectivity index (χ4v) is 3.79. The molecule has 1 N–H and O–H groups in total. The first kappa shape index (κ1) is 19.0. The molecule has 29 heavy (non-hydrogen) atoms. The Morgan fingerprint density at radius 1 is 1.14 bits per heavy atom. The average molecular weight is 390 g/mol. The maximum Gasteiger partial charge on any atom is 0.270 e. The Morgan fingerprint density at radius 3 is 2.62 bits per heavy atom. The van der Waals surface area contributed by atoms with Gasteiger partial charge in [-0.2, -0.15) is 0 Å². The molecule has 2 heterocycles. The number of pyridine rings is 1. The van der Waals surface area contributed by atoms with Gasteiger partial charge in [0.15, 0.2) is 0 Å². The number of carbonyl (C=O) groups is 1. The third-order valence-electron chi connectivity index (χ3n) is 5.35. The van der Waals surface area contributed by atoms with E-state index in [9.17, 15) is 14.9 Å². The molecule has 0 aliphatic carbocycles. The SMILES string of the molecule is O=C(NC1CCN(Cc2ccccc2)CC1)c1nccc2cc([N+](=O)[O-])ccc12. The van der Waals surface area contributed by atoms with Crippen molar-refractivity contribution in [2.24, 2.45) is 0 Å². The van der Waals surface area contributed by atoms with Crippen molar-refractivity contribution in [3.63, 3.8) is 0 Å². The number of aromatic nitrogens is 1. The van der Waals surface area contributed by atoms with E-state index in [1.807, 2.05) is 18.2 Å². The fourth-order valence-electron chi connectivity index (χ4n) is 3.79. The fraction of sp³-hybridized carbons (Fsp3) is 0.273. The summed E-state index contributed by atoms with van der Waals surface area (Å²) < 4.78 is 0. The maximum absolute atomic E-state index is 12.8. The molecule has 1 amide bonds. The molecule has 1 aliphatic rings. The second kappa shape index (κ2) is 8.36. The van der Waals surface area contributed by atoms with Gasteiger partial charge in [0.1, 0.15) is 5.69 Å². The van der Waals surface area contributed by atoms with Crippen molar-refractivity contribution < 1.29 is 9.72 Å². The van der Waals surface area contributed by atoms with Gasteiger partial charge in [-0.05, 0) is 35.9 Å². The number of amides is 1. The highest BCUT2D eigenvalue weighted by molar-refractivity contribution is 6.05. The summed E-state index contributed by atoms with van der Waals surface area (Å²) in [5.74, 6) is -0.231. The summed E-state index contributed by atoms with van der Waals surface area (Å²) in [6.07, 6.45) is 3.28. The van der Waals surface area contributed by atoms with Gasteiger partial charge in [0.2, 0.25) is 0 Å². The van der Waals surface area contributed by atoms with Gasteiger partial charge in [-0.3, -0.25) is 24.8 Å². The van der Waals surface area contributed by atoms with E-state index in [1.165, 1.54) is 23.9 Å². The molecule has 1 saturated heterocycles. The minimum absolute atomic E-state index is 0.000783. The highest BCUT2D eigenvalue weighted by atomic mass is 16.6. The minimum atomic E-state index is -0.442. The van der Waals surface area contributed by atoms with Crippen LogP contribution in [0.1, 0.15) is 28.9 Å². The Bertz CT molecular complexity index is 1030. The van der Waals surface area contributed by atoms with Gasteiger partial charge in [0, 0.05) is 49.4 Å². The van der Waals surface area contributed by atoms with Crippen LogP contribution in [0.15, 0.2) is 60.8 Å². The van der Waals surface area contributed by atoms with Crippen molar-refractivity contribution in [1.29, 1.82) is 0 Å². The molecule has 1 fully saturated rings. The van der Waals surface area contributed by atoms with E-state index in [0.29, 0.717) is 16.5 Å². The van der Waals surface area contributed by atoms with Crippen LogP contribution in [0.2, 0.25) is 0 Å². The van der Waals surface area contributed by atoms with E-state index >= 15 is 0 Å². The van der Waals surface area contributed by atoms with Gasteiger partial charge in [0.25, 0.3) is 11.6 Å². The van der Waals surface area contributed by atoms with Crippen molar-refractivity contribution in [1.82, 2.24) is 15.2 Å². The molecule has 1 aromatic heterocycles. The highest BCUT2D eigenvalue weighted by Gasteiger charge is 2.22. The number of hydrogen-bond acceptors (Lipinski definition) is 5. The van der Waals surface area contributed by atoms with Crippen molar-refractivity contribution in [2.45, 2.75) is 25.4 Å². The Labute approximate surface area is 168 Å². The maximum atomic E-state index is 12.8. The summed E-state index contributed by atoms with van der Waals surface area (Å²) in [7, 11) is 0. The van der Waals surface area contributed by atoms with Gasteiger partial charge in [-0.25, -0.2) is 0 Å². The Morgan fingerprint density at radius 2 is 1.90 bits per heavy atom. The number of hydrogen-bond donors (Lipinski definition) is 1. The topological polar surface area (TPSA) is 88.4 Å². The minimum Gasteiger partial charge on any atom is -0.348 e. The molecule has 0 radical (unpaired) electrons. The van der Waals surface area contributed by atoms with E-state index in [0.717, 1.165) is 32.5 Å². The van der Waals surface area contributed by atoms with Crippen LogP contribution in [0.5, 0.6) is 0 Å². The standard InChI is InChI=1S/C22H22N4O3/c27-22(21-20-7-6-19(26(28)29)14-17(20)8-11-23-21)24-18-9-12-25(13-10-18)15-16-4-2-1-3-5-16/h1-8,11,14,18H,9-10,12-13,15H2,(H,24,27). The molecular weight excluding hydrogens is 368 g/mol. The highest BCUT2D eigenvalue weighted by Crippen LogP contribution is 2.23. The number of nitro benzene ring substituents is 1. The number of nitrogens with zero attached hydrogens (tertiary/aromatic N) is 3. The van der Waals surface area contributed by atoms with E-state index in [2.05, 4.69) is 27.3 Å². The van der Waals surface area contributed by atoms with Crippen LogP contribution in [0.3, 0.4) is 0 Å². The quantitative estimate of drug-likeness (QED) is 0.532. The number of nitrogens with one attached hydrogen (secondary N) is 1. The number of nitro groups is 1. The number of benzene rings is 2. The molecule has 1 aliphatic heterocycles. The normalized spacial score (nSPS) is 15.3. The van der Waals surface area contributed by atoms with Crippen LogP contribution in [-0.4, -0.2) is 39.8 Å². The molecule has 0 bridgehead atoms. The molecular formula is C22H22N4O3. The van der Waals surface area contributed by atoms with Crippen LogP contribution in [0, 0.1) is 10.1 Å². The van der Waals surface area contributed by atoms with Gasteiger partial charge in [-0.15, -0.1) is 0 Å². The summed E-state index contributed by atoms with van der Waals surface area (Å²) in [6.45, 7) is 2.77. The number of non-ortho nitro benzene ring substituents is 1. The number of carbonyl (C=O) groups excluding carboxylic acids is 1. The van der Waals surface area contributed by atoms with E-state index in [-0.39, 0.29) is 17.6 Å². The second-order valence-electron chi connectivity index (χ2n) is 7.33. The molecule has 3 aromatic rings. The van der Waals surface area contributed by atoms with Crippen LogP contribution < -0.4 is 5.32 Å². The smallest absolute Gasteiger partial charge is 0.270 e. The van der Waals surface area contributed by atoms with Crippen molar-refractivity contribution in [2.75, 3.05) is 13.1 Å². The van der Waals surface area contributed by atoms with Crippen molar-refractivity contribution in [3.05, 3.63) is 82.2 Å². The first-order valence-corrected chi connectivity index (χ1v) is 9.70. The summed E-state index contributed by atoms with van der Waals surface area (Å²) in [4.78, 5) is 30.0.